The minimum absolute atomic E-state index is 0.241. The van der Waals surface area contributed by atoms with Gasteiger partial charge in [-0.2, -0.15) is 0 Å². The molecule has 2 rings (SSSR count). The summed E-state index contributed by atoms with van der Waals surface area (Å²) in [6, 6.07) is 13.7. The van der Waals surface area contributed by atoms with E-state index in [2.05, 4.69) is 5.32 Å². The van der Waals surface area contributed by atoms with Gasteiger partial charge in [0.25, 0.3) is 0 Å². The van der Waals surface area contributed by atoms with Crippen molar-refractivity contribution in [1.29, 1.82) is 0 Å². The summed E-state index contributed by atoms with van der Waals surface area (Å²) in [5, 5.41) is 2.88. The summed E-state index contributed by atoms with van der Waals surface area (Å²) in [7, 11) is -3.62. The van der Waals surface area contributed by atoms with E-state index >= 15 is 0 Å². The molecule has 0 aromatic heterocycles. The normalized spacial score (nSPS) is 12.7. The Balaban J connectivity index is 2.33. The van der Waals surface area contributed by atoms with Crippen LogP contribution in [0.15, 0.2) is 48.5 Å². The summed E-state index contributed by atoms with van der Waals surface area (Å²) in [4.78, 5) is 12.8. The lowest BCUT2D eigenvalue weighted by molar-refractivity contribution is -0.116. The lowest BCUT2D eigenvalue weighted by Gasteiger charge is -2.28. The predicted molar refractivity (Wildman–Crippen MR) is 107 cm³/mol. The Kier molecular flexibility index (Phi) is 6.08. The molecule has 140 valence electrons. The number of aryl methyl sites for hydroxylation is 1. The zero-order valence-corrected chi connectivity index (χ0v) is 16.7. The van der Waals surface area contributed by atoms with Crippen LogP contribution in [0.25, 0.3) is 0 Å². The first kappa shape index (κ1) is 20.0. The molecule has 0 saturated heterocycles. The van der Waals surface area contributed by atoms with Crippen LogP contribution in [0.4, 0.5) is 11.4 Å². The highest BCUT2D eigenvalue weighted by Gasteiger charge is 2.29. The SMILES string of the molecule is Cc1ccc(N([C@@H](C)C(=O)Nc2ccccc2C(C)C)S(C)(=O)=O)cc1. The minimum atomic E-state index is -3.62. The second-order valence-corrected chi connectivity index (χ2v) is 8.66. The summed E-state index contributed by atoms with van der Waals surface area (Å²) in [6.45, 7) is 7.61. The number of rotatable bonds is 6. The second kappa shape index (κ2) is 7.91. The standard InChI is InChI=1S/C20H26N2O3S/c1-14(2)18-8-6-7-9-19(18)21-20(23)16(4)22(26(5,24)25)17-12-10-15(3)11-13-17/h6-14,16H,1-5H3,(H,21,23)/t16-/m0/s1. The van der Waals surface area contributed by atoms with Crippen molar-refractivity contribution in [2.24, 2.45) is 0 Å². The summed E-state index contributed by atoms with van der Waals surface area (Å²) in [5.41, 5.74) is 3.20. The molecule has 0 unspecified atom stereocenters. The number of benzene rings is 2. The Morgan fingerprint density at radius 1 is 1.00 bits per heavy atom. The molecular formula is C20H26N2O3S. The van der Waals surface area contributed by atoms with Crippen molar-refractivity contribution in [3.05, 3.63) is 59.7 Å². The smallest absolute Gasteiger partial charge is 0.248 e. The number of hydrogen-bond acceptors (Lipinski definition) is 3. The molecule has 5 nitrogen and oxygen atoms in total. The molecule has 0 aliphatic rings. The largest absolute Gasteiger partial charge is 0.324 e. The van der Waals surface area contributed by atoms with Crippen LogP contribution in [0.5, 0.6) is 0 Å². The monoisotopic (exact) mass is 374 g/mol. The first-order valence-corrected chi connectivity index (χ1v) is 10.4. The van der Waals surface area contributed by atoms with Gasteiger partial charge < -0.3 is 5.32 Å². The highest BCUT2D eigenvalue weighted by Crippen LogP contribution is 2.26. The van der Waals surface area contributed by atoms with Crippen LogP contribution in [0.2, 0.25) is 0 Å². The Labute approximate surface area is 156 Å². The van der Waals surface area contributed by atoms with E-state index in [-0.39, 0.29) is 11.8 Å². The minimum Gasteiger partial charge on any atom is -0.324 e. The number of carbonyl (C=O) groups excluding carboxylic acids is 1. The molecule has 1 amide bonds. The Bertz CT molecular complexity index is 874. The lowest BCUT2D eigenvalue weighted by atomic mass is 10.0. The van der Waals surface area contributed by atoms with Crippen molar-refractivity contribution in [3.63, 3.8) is 0 Å². The van der Waals surface area contributed by atoms with Crippen molar-refractivity contribution < 1.29 is 13.2 Å². The number of carbonyl (C=O) groups is 1. The Morgan fingerprint density at radius 2 is 1.58 bits per heavy atom. The zero-order chi connectivity index (χ0) is 19.5. The summed E-state index contributed by atoms with van der Waals surface area (Å²) >= 11 is 0. The van der Waals surface area contributed by atoms with Crippen LogP contribution in [-0.2, 0) is 14.8 Å². The van der Waals surface area contributed by atoms with Gasteiger partial charge in [-0.1, -0.05) is 49.7 Å². The van der Waals surface area contributed by atoms with Crippen molar-refractivity contribution in [3.8, 4) is 0 Å². The van der Waals surface area contributed by atoms with Crippen LogP contribution in [0.3, 0.4) is 0 Å². The van der Waals surface area contributed by atoms with Crippen LogP contribution in [-0.4, -0.2) is 26.6 Å². The first-order valence-electron chi connectivity index (χ1n) is 8.57. The van der Waals surface area contributed by atoms with E-state index < -0.39 is 16.1 Å². The third kappa shape index (κ3) is 4.64. The highest BCUT2D eigenvalue weighted by molar-refractivity contribution is 7.92. The number of anilines is 2. The molecule has 0 aliphatic heterocycles. The maximum atomic E-state index is 12.8. The zero-order valence-electron chi connectivity index (χ0n) is 15.9. The van der Waals surface area contributed by atoms with Gasteiger partial charge in [-0.05, 0) is 43.5 Å². The molecule has 0 aliphatic carbocycles. The number of para-hydroxylation sites is 1. The van der Waals surface area contributed by atoms with E-state index in [1.807, 2.05) is 57.2 Å². The van der Waals surface area contributed by atoms with Gasteiger partial charge in [0.1, 0.15) is 6.04 Å². The third-order valence-electron chi connectivity index (χ3n) is 4.22. The van der Waals surface area contributed by atoms with Crippen molar-refractivity contribution >= 4 is 27.3 Å². The third-order valence-corrected chi connectivity index (χ3v) is 5.46. The molecule has 26 heavy (non-hydrogen) atoms. The summed E-state index contributed by atoms with van der Waals surface area (Å²) in [5.74, 6) is -0.131. The highest BCUT2D eigenvalue weighted by atomic mass is 32.2. The molecule has 2 aromatic carbocycles. The number of hydrogen-bond donors (Lipinski definition) is 1. The van der Waals surface area contributed by atoms with Crippen LogP contribution in [0, 0.1) is 6.92 Å². The number of nitrogens with one attached hydrogen (secondary N) is 1. The van der Waals surface area contributed by atoms with Crippen molar-refractivity contribution in [1.82, 2.24) is 0 Å². The fraction of sp³-hybridized carbons (Fsp3) is 0.350. The number of amides is 1. The molecule has 1 atom stereocenters. The molecule has 0 heterocycles. The van der Waals surface area contributed by atoms with E-state index in [4.69, 9.17) is 0 Å². The van der Waals surface area contributed by atoms with Crippen LogP contribution >= 0.6 is 0 Å². The van der Waals surface area contributed by atoms with Gasteiger partial charge in [-0.15, -0.1) is 0 Å². The van der Waals surface area contributed by atoms with Gasteiger partial charge in [0, 0.05) is 5.69 Å². The van der Waals surface area contributed by atoms with Crippen molar-refractivity contribution in [2.45, 2.75) is 39.7 Å². The molecule has 0 bridgehead atoms. The van der Waals surface area contributed by atoms with Gasteiger partial charge in [-0.25, -0.2) is 8.42 Å². The molecule has 1 N–H and O–H groups in total. The van der Waals surface area contributed by atoms with E-state index in [1.165, 1.54) is 0 Å². The fourth-order valence-corrected chi connectivity index (χ4v) is 4.03. The summed E-state index contributed by atoms with van der Waals surface area (Å²) in [6.07, 6.45) is 1.11. The van der Waals surface area contributed by atoms with Crippen LogP contribution in [0.1, 0.15) is 37.8 Å². The van der Waals surface area contributed by atoms with E-state index in [0.29, 0.717) is 11.4 Å². The molecule has 0 saturated carbocycles. The first-order chi connectivity index (χ1) is 12.1. The van der Waals surface area contributed by atoms with Gasteiger partial charge in [0.05, 0.1) is 11.9 Å². The van der Waals surface area contributed by atoms with E-state index in [9.17, 15) is 13.2 Å². The van der Waals surface area contributed by atoms with E-state index in [0.717, 1.165) is 21.7 Å². The molecule has 0 radical (unpaired) electrons. The van der Waals surface area contributed by atoms with Gasteiger partial charge in [0.15, 0.2) is 0 Å². The second-order valence-electron chi connectivity index (χ2n) is 6.80. The fourth-order valence-electron chi connectivity index (χ4n) is 2.85. The number of nitrogens with zero attached hydrogens (tertiary/aromatic N) is 1. The quantitative estimate of drug-likeness (QED) is 0.833. The maximum absolute atomic E-state index is 12.8. The Hall–Kier alpha value is -2.34. The van der Waals surface area contributed by atoms with Crippen LogP contribution < -0.4 is 9.62 Å². The number of sulfonamides is 1. The average Bonchev–Trinajstić information content (AvgIpc) is 2.55. The van der Waals surface area contributed by atoms with E-state index in [1.54, 1.807) is 19.1 Å². The topological polar surface area (TPSA) is 66.5 Å². The molecule has 0 fully saturated rings. The lowest BCUT2D eigenvalue weighted by Crippen LogP contribution is -2.45. The molecule has 6 heteroatoms. The molecular weight excluding hydrogens is 348 g/mol. The van der Waals surface area contributed by atoms with Gasteiger partial charge in [0.2, 0.25) is 15.9 Å². The average molecular weight is 375 g/mol. The van der Waals surface area contributed by atoms with Gasteiger partial charge >= 0.3 is 0 Å². The maximum Gasteiger partial charge on any atom is 0.248 e. The molecule has 2 aromatic rings. The summed E-state index contributed by atoms with van der Waals surface area (Å²) < 4.78 is 25.8. The van der Waals surface area contributed by atoms with Gasteiger partial charge in [-0.3, -0.25) is 9.10 Å². The van der Waals surface area contributed by atoms with Crippen molar-refractivity contribution in [2.75, 3.05) is 15.9 Å². The Morgan fingerprint density at radius 3 is 2.12 bits per heavy atom. The molecule has 0 spiro atoms. The predicted octanol–water partition coefficient (Wildman–Crippen LogP) is 3.91.